The van der Waals surface area contributed by atoms with Crippen molar-refractivity contribution in [3.63, 3.8) is 0 Å². The summed E-state index contributed by atoms with van der Waals surface area (Å²) in [7, 11) is 0. The van der Waals surface area contributed by atoms with E-state index in [1.165, 1.54) is 6.21 Å². The van der Waals surface area contributed by atoms with Crippen LogP contribution in [0.15, 0.2) is 218 Å². The number of benzene rings is 9. The van der Waals surface area contributed by atoms with Crippen molar-refractivity contribution in [1.82, 2.24) is 24.1 Å². The number of fused-ring (bicyclic) bond motifs is 6. The zero-order chi connectivity index (χ0) is 47.3. The Bertz CT molecular complexity index is 3740. The van der Waals surface area contributed by atoms with Gasteiger partial charge in [-0.15, -0.1) is 0 Å². The van der Waals surface area contributed by atoms with E-state index in [0.717, 1.165) is 99.7 Å². The van der Waals surface area contributed by atoms with Crippen LogP contribution in [0.1, 0.15) is 33.3 Å². The topological polar surface area (TPSA) is 84.4 Å². The van der Waals surface area contributed by atoms with Gasteiger partial charge in [-0.25, -0.2) is 15.0 Å². The maximum Gasteiger partial charge on any atom is 0.164 e. The summed E-state index contributed by atoms with van der Waals surface area (Å²) in [6.07, 6.45) is 1.47. The van der Waals surface area contributed by atoms with Gasteiger partial charge in [-0.05, 0) is 71.8 Å². The second-order valence-electron chi connectivity index (χ2n) is 16.1. The number of para-hydroxylation sites is 3. The molecule has 12 aromatic rings. The van der Waals surface area contributed by atoms with Gasteiger partial charge in [0.25, 0.3) is 0 Å². The number of aromatic nitrogens is 5. The molecule has 0 aliphatic carbocycles. The van der Waals surface area contributed by atoms with Crippen molar-refractivity contribution in [2.45, 2.75) is 27.7 Å². The smallest absolute Gasteiger partial charge is 0.164 e. The average Bonchev–Trinajstić information content (AvgIpc) is 3.95. The second kappa shape index (κ2) is 19.5. The summed E-state index contributed by atoms with van der Waals surface area (Å²) in [4.78, 5) is 15.2. The lowest BCUT2D eigenvalue weighted by Gasteiger charge is -2.14. The van der Waals surface area contributed by atoms with E-state index >= 15 is 0 Å². The molecule has 0 radical (unpaired) electrons. The Kier molecular flexibility index (Phi) is 12.4. The van der Waals surface area contributed by atoms with Gasteiger partial charge in [0, 0.05) is 72.8 Å². The van der Waals surface area contributed by atoms with Crippen LogP contribution in [-0.4, -0.2) is 30.3 Å². The Morgan fingerprint density at radius 3 is 1.51 bits per heavy atom. The third-order valence-electron chi connectivity index (χ3n) is 12.3. The van der Waals surface area contributed by atoms with E-state index in [4.69, 9.17) is 20.4 Å². The third-order valence-corrected chi connectivity index (χ3v) is 12.3. The monoisotopic (exact) mass is 893 g/mol. The summed E-state index contributed by atoms with van der Waals surface area (Å²) in [5.41, 5.74) is 13.9. The summed E-state index contributed by atoms with van der Waals surface area (Å²) in [5.74, 6) is 1.83. The molecule has 0 aliphatic rings. The fourth-order valence-corrected chi connectivity index (χ4v) is 9.24. The lowest BCUT2D eigenvalue weighted by atomic mass is 10.0. The van der Waals surface area contributed by atoms with Crippen LogP contribution in [0.3, 0.4) is 0 Å². The summed E-state index contributed by atoms with van der Waals surface area (Å²) in [5, 5.41) is 17.0. The highest BCUT2D eigenvalue weighted by Gasteiger charge is 2.20. The van der Waals surface area contributed by atoms with Crippen LogP contribution >= 0.6 is 0 Å². The minimum atomic E-state index is 0.598. The Labute approximate surface area is 402 Å². The molecule has 0 unspecified atom stereocenters. The van der Waals surface area contributed by atoms with Crippen molar-refractivity contribution < 1.29 is 0 Å². The van der Waals surface area contributed by atoms with E-state index in [1.807, 2.05) is 70.2 Å². The predicted molar refractivity (Wildman–Crippen MR) is 291 cm³/mol. The first-order valence-corrected chi connectivity index (χ1v) is 23.7. The normalized spacial score (nSPS) is 11.0. The van der Waals surface area contributed by atoms with Gasteiger partial charge in [-0.3, -0.25) is 0 Å². The van der Waals surface area contributed by atoms with Gasteiger partial charge in [-0.2, -0.15) is 0 Å². The summed E-state index contributed by atoms with van der Waals surface area (Å²) >= 11 is 0. The Morgan fingerprint density at radius 2 is 0.855 bits per heavy atom. The molecule has 0 fully saturated rings. The third kappa shape index (κ3) is 8.21. The Balaban J connectivity index is 0.00000135. The minimum Gasteiger partial charge on any atom is -0.355 e. The molecule has 0 atom stereocenters. The van der Waals surface area contributed by atoms with Crippen molar-refractivity contribution in [3.8, 4) is 56.7 Å². The first-order valence-electron chi connectivity index (χ1n) is 23.7. The molecular weight excluding hydrogens is 843 g/mol. The second-order valence-corrected chi connectivity index (χ2v) is 16.1. The quantitative estimate of drug-likeness (QED) is 0.141. The van der Waals surface area contributed by atoms with Crippen molar-refractivity contribution in [3.05, 3.63) is 224 Å². The molecule has 3 aromatic heterocycles. The molecule has 9 aromatic carbocycles. The maximum atomic E-state index is 8.74. The summed E-state index contributed by atoms with van der Waals surface area (Å²) in [6.45, 7) is 8.00. The van der Waals surface area contributed by atoms with E-state index in [-0.39, 0.29) is 0 Å². The molecule has 334 valence electrons. The molecular formula is C62H51N7. The van der Waals surface area contributed by atoms with E-state index < -0.39 is 0 Å². The zero-order valence-corrected chi connectivity index (χ0v) is 39.1. The number of nitrogens with zero attached hydrogens (tertiary/aromatic N) is 5. The molecule has 7 heteroatoms. The van der Waals surface area contributed by atoms with Crippen LogP contribution < -0.4 is 5.32 Å². The van der Waals surface area contributed by atoms with Crippen molar-refractivity contribution in [1.29, 1.82) is 5.41 Å². The van der Waals surface area contributed by atoms with E-state index in [0.29, 0.717) is 17.5 Å². The molecule has 0 amide bonds. The highest BCUT2D eigenvalue weighted by Crippen LogP contribution is 2.39. The standard InChI is InChI=1S/C58H39N7.2C2H6/c59-37-50-51(33-32-48-46-23-10-13-26-53(46)65(55(48)50)44-20-8-3-9-21-44)60-43-31-34-54-49(36-43)47-24-11-12-25-52(47)64(54)45-22-14-19-42(35-45)58-62-56(40-17-6-2-7-18-40)61-57(63-58)41-29-27-39(28-30-41)38-15-4-1-5-16-38;2*1-2/h1-37,59-60H;2*1-2H3. The van der Waals surface area contributed by atoms with E-state index in [1.54, 1.807) is 0 Å². The highest BCUT2D eigenvalue weighted by molar-refractivity contribution is 6.16. The molecule has 7 nitrogen and oxygen atoms in total. The number of nitrogens with one attached hydrogen (secondary N) is 2. The summed E-state index contributed by atoms with van der Waals surface area (Å²) in [6, 6.07) is 75.5. The van der Waals surface area contributed by atoms with Gasteiger partial charge >= 0.3 is 0 Å². The van der Waals surface area contributed by atoms with Gasteiger partial charge in [0.15, 0.2) is 17.5 Å². The molecule has 0 aliphatic heterocycles. The zero-order valence-electron chi connectivity index (χ0n) is 39.1. The number of rotatable bonds is 9. The lowest BCUT2D eigenvalue weighted by Crippen LogP contribution is -2.01. The van der Waals surface area contributed by atoms with Crippen molar-refractivity contribution in [2.24, 2.45) is 0 Å². The number of hydrogen-bond donors (Lipinski definition) is 2. The Hall–Kier alpha value is -8.94. The molecule has 2 N–H and O–H groups in total. The van der Waals surface area contributed by atoms with Gasteiger partial charge < -0.3 is 19.9 Å². The first kappa shape index (κ1) is 43.9. The van der Waals surface area contributed by atoms with Gasteiger partial charge in [0.1, 0.15) is 0 Å². The van der Waals surface area contributed by atoms with Gasteiger partial charge in [0.2, 0.25) is 0 Å². The SMILES string of the molecule is CC.CC.N=Cc1c(Nc2ccc3c(c2)c2ccccc2n3-c2cccc(-c3nc(-c4ccccc4)nc(-c4ccc(-c5ccccc5)cc4)n3)c2)ccc2c3ccccc3n(-c3ccccc3)c12. The van der Waals surface area contributed by atoms with Crippen molar-refractivity contribution >= 4 is 61.2 Å². The molecule has 12 rings (SSSR count). The maximum absolute atomic E-state index is 8.74. The molecule has 69 heavy (non-hydrogen) atoms. The first-order chi connectivity index (χ1) is 34.2. The van der Waals surface area contributed by atoms with Crippen LogP contribution in [0.2, 0.25) is 0 Å². The average molecular weight is 894 g/mol. The van der Waals surface area contributed by atoms with E-state index in [2.05, 4.69) is 190 Å². The minimum absolute atomic E-state index is 0.598. The van der Waals surface area contributed by atoms with Gasteiger partial charge in [-0.1, -0.05) is 185 Å². The van der Waals surface area contributed by atoms with Crippen molar-refractivity contribution in [2.75, 3.05) is 5.32 Å². The van der Waals surface area contributed by atoms with Crippen LogP contribution in [-0.2, 0) is 0 Å². The van der Waals surface area contributed by atoms with Gasteiger partial charge in [0.05, 0.1) is 22.1 Å². The van der Waals surface area contributed by atoms with Crippen LogP contribution in [0, 0.1) is 5.41 Å². The Morgan fingerprint density at radius 1 is 0.377 bits per heavy atom. The fourth-order valence-electron chi connectivity index (χ4n) is 9.24. The molecule has 0 spiro atoms. The molecule has 3 heterocycles. The largest absolute Gasteiger partial charge is 0.355 e. The fraction of sp³-hybridized carbons (Fsp3) is 0.0645. The summed E-state index contributed by atoms with van der Waals surface area (Å²) < 4.78 is 4.58. The molecule has 0 saturated carbocycles. The molecule has 0 bridgehead atoms. The highest BCUT2D eigenvalue weighted by atomic mass is 15.0. The van der Waals surface area contributed by atoms with Crippen LogP contribution in [0.25, 0.3) is 100 Å². The number of hydrogen-bond acceptors (Lipinski definition) is 5. The predicted octanol–water partition coefficient (Wildman–Crippen LogP) is 16.5. The van der Waals surface area contributed by atoms with E-state index in [9.17, 15) is 0 Å². The molecule has 0 saturated heterocycles. The lowest BCUT2D eigenvalue weighted by molar-refractivity contribution is 1.07. The van der Waals surface area contributed by atoms with Crippen LogP contribution in [0.5, 0.6) is 0 Å². The number of anilines is 2. The van der Waals surface area contributed by atoms with Crippen LogP contribution in [0.4, 0.5) is 11.4 Å².